The molecule has 8 N–H and O–H groups in total. The first-order valence-corrected chi connectivity index (χ1v) is 16.0. The molecule has 0 aliphatic heterocycles. The second kappa shape index (κ2) is 16.6. The number of hydrogen-bond acceptors (Lipinski definition) is 9. The van der Waals surface area contributed by atoms with Crippen molar-refractivity contribution in [2.75, 3.05) is 6.54 Å². The Kier molecular flexibility index (Phi) is 14.0. The van der Waals surface area contributed by atoms with E-state index in [2.05, 4.69) is 46.5 Å². The lowest BCUT2D eigenvalue weighted by atomic mass is 9.95. The first-order chi connectivity index (χ1) is 21.6. The molecule has 0 unspecified atom stereocenters. The van der Waals surface area contributed by atoms with Crippen molar-refractivity contribution in [3.05, 3.63) is 63.7 Å². The van der Waals surface area contributed by atoms with E-state index in [4.69, 9.17) is 17.3 Å². The number of carboxylic acid groups (broad SMARTS) is 1. The lowest BCUT2D eigenvalue weighted by Crippen LogP contribution is -2.60. The lowest BCUT2D eigenvalue weighted by Gasteiger charge is -2.31. The van der Waals surface area contributed by atoms with Gasteiger partial charge in [0.1, 0.15) is 23.9 Å². The van der Waals surface area contributed by atoms with Gasteiger partial charge in [0.15, 0.2) is 0 Å². The number of phenols is 1. The van der Waals surface area contributed by atoms with Crippen molar-refractivity contribution in [2.24, 2.45) is 5.73 Å². The molecule has 258 valence electrons. The number of phenolic OH excluding ortho intramolecular Hbond substituents is 1. The quantitative estimate of drug-likeness (QED) is 0.125. The van der Waals surface area contributed by atoms with E-state index in [9.17, 15) is 34.2 Å². The van der Waals surface area contributed by atoms with E-state index in [1.165, 1.54) is 13.8 Å². The van der Waals surface area contributed by atoms with Crippen LogP contribution < -0.4 is 27.0 Å². The zero-order valence-electron chi connectivity index (χ0n) is 27.2. The first kappa shape index (κ1) is 39.7. The molecular weight excluding hydrogens is 666 g/mol. The molecule has 0 heterocycles. The third kappa shape index (κ3) is 12.3. The van der Waals surface area contributed by atoms with E-state index < -0.39 is 69.8 Å². The smallest absolute Gasteiger partial charge is 0.327 e. The number of aliphatic carboxylic acids is 1. The zero-order chi connectivity index (χ0) is 35.9. The van der Waals surface area contributed by atoms with Crippen LogP contribution in [0.3, 0.4) is 0 Å². The van der Waals surface area contributed by atoms with Crippen LogP contribution in [0.5, 0.6) is 5.75 Å². The molecule has 0 bridgehead atoms. The number of carboxylic acids is 1. The maximum absolute atomic E-state index is 13.2. The number of aromatic hydroxyl groups is 1. The van der Waals surface area contributed by atoms with Gasteiger partial charge in [0.25, 0.3) is 0 Å². The SMILES string of the molecule is Cc1cc(O)cc(C)c1C[C@H](N)C(=O)N[C@@H](C(=O)NCC(=O)N[C@@H](Cc1ccc(Cl)cc1)C(=O)N[C@@H](C(=O)O)C(C)(C)S)C(C)(C)S. The van der Waals surface area contributed by atoms with Crippen LogP contribution in [0, 0.1) is 13.8 Å². The number of carbonyl (C=O) groups is 5. The highest BCUT2D eigenvalue weighted by Crippen LogP contribution is 2.23. The highest BCUT2D eigenvalue weighted by atomic mass is 35.5. The van der Waals surface area contributed by atoms with Crippen LogP contribution >= 0.6 is 36.9 Å². The summed E-state index contributed by atoms with van der Waals surface area (Å²) in [7, 11) is 0. The van der Waals surface area contributed by atoms with Crippen molar-refractivity contribution in [1.29, 1.82) is 0 Å². The topological polar surface area (TPSA) is 200 Å². The van der Waals surface area contributed by atoms with Crippen LogP contribution in [0.1, 0.15) is 49.9 Å². The molecule has 0 aromatic heterocycles. The third-order valence-corrected chi connectivity index (χ3v) is 8.13. The number of benzene rings is 2. The maximum Gasteiger partial charge on any atom is 0.327 e. The minimum absolute atomic E-state index is 0.0117. The number of hydrogen-bond donors (Lipinski definition) is 9. The Hall–Kier alpha value is -3.46. The summed E-state index contributed by atoms with van der Waals surface area (Å²) in [4.78, 5) is 64.4. The molecule has 0 aliphatic rings. The van der Waals surface area contributed by atoms with Crippen molar-refractivity contribution in [3.63, 3.8) is 0 Å². The molecule has 2 aromatic rings. The number of rotatable bonds is 15. The summed E-state index contributed by atoms with van der Waals surface area (Å²) in [5.74, 6) is -4.08. The van der Waals surface area contributed by atoms with Gasteiger partial charge in [-0.15, -0.1) is 0 Å². The number of aryl methyl sites for hydroxylation is 2. The van der Waals surface area contributed by atoms with Gasteiger partial charge in [-0.1, -0.05) is 23.7 Å². The predicted octanol–water partition coefficient (Wildman–Crippen LogP) is 1.85. The summed E-state index contributed by atoms with van der Waals surface area (Å²) in [6.07, 6.45) is 0.139. The summed E-state index contributed by atoms with van der Waals surface area (Å²) in [5.41, 5.74) is 9.13. The van der Waals surface area contributed by atoms with Gasteiger partial charge in [0.05, 0.1) is 12.6 Å². The molecule has 2 aromatic carbocycles. The van der Waals surface area contributed by atoms with Crippen molar-refractivity contribution < 1.29 is 34.2 Å². The summed E-state index contributed by atoms with van der Waals surface area (Å²) < 4.78 is -2.21. The van der Waals surface area contributed by atoms with Gasteiger partial charge in [-0.05, 0) is 94.5 Å². The molecule has 4 atom stereocenters. The van der Waals surface area contributed by atoms with Crippen LogP contribution in [0.4, 0.5) is 0 Å². The van der Waals surface area contributed by atoms with Crippen molar-refractivity contribution >= 4 is 66.5 Å². The van der Waals surface area contributed by atoms with E-state index >= 15 is 0 Å². The number of nitrogens with one attached hydrogen (secondary N) is 4. The summed E-state index contributed by atoms with van der Waals surface area (Å²) in [6.45, 7) is 9.28. The van der Waals surface area contributed by atoms with E-state index in [1.54, 1.807) is 64.1 Å². The maximum atomic E-state index is 13.2. The molecule has 0 saturated heterocycles. The Labute approximate surface area is 290 Å². The van der Waals surface area contributed by atoms with E-state index in [0.717, 1.165) is 16.7 Å². The number of thiol groups is 2. The first-order valence-electron chi connectivity index (χ1n) is 14.7. The van der Waals surface area contributed by atoms with Gasteiger partial charge in [0, 0.05) is 20.9 Å². The Morgan fingerprint density at radius 3 is 1.83 bits per heavy atom. The fourth-order valence-electron chi connectivity index (χ4n) is 4.78. The average molecular weight is 710 g/mol. The second-order valence-corrected chi connectivity index (χ2v) is 15.3. The molecule has 0 saturated carbocycles. The highest BCUT2D eigenvalue weighted by molar-refractivity contribution is 7.82. The Bertz CT molecular complexity index is 1450. The average Bonchev–Trinajstić information content (AvgIpc) is 2.94. The number of nitrogens with two attached hydrogens (primary N) is 1. The lowest BCUT2D eigenvalue weighted by molar-refractivity contribution is -0.143. The Balaban J connectivity index is 2.15. The number of halogens is 1. The van der Waals surface area contributed by atoms with E-state index in [-0.39, 0.29) is 18.6 Å². The zero-order valence-corrected chi connectivity index (χ0v) is 29.7. The van der Waals surface area contributed by atoms with Crippen molar-refractivity contribution in [3.8, 4) is 5.75 Å². The monoisotopic (exact) mass is 709 g/mol. The van der Waals surface area contributed by atoms with Gasteiger partial charge < -0.3 is 37.2 Å². The summed E-state index contributed by atoms with van der Waals surface area (Å²) in [5, 5.41) is 30.0. The van der Waals surface area contributed by atoms with Crippen LogP contribution in [0.25, 0.3) is 0 Å². The molecular formula is C32H44ClN5O7S2. The summed E-state index contributed by atoms with van der Waals surface area (Å²) >= 11 is 14.7. The van der Waals surface area contributed by atoms with Crippen LogP contribution in [0.2, 0.25) is 5.02 Å². The molecule has 0 radical (unpaired) electrons. The molecule has 0 aliphatic carbocycles. The van der Waals surface area contributed by atoms with Gasteiger partial charge in [0.2, 0.25) is 23.6 Å². The fraction of sp³-hybridized carbons (Fsp3) is 0.469. The van der Waals surface area contributed by atoms with Crippen molar-refractivity contribution in [2.45, 2.75) is 88.0 Å². The van der Waals surface area contributed by atoms with Gasteiger partial charge in [-0.2, -0.15) is 25.3 Å². The van der Waals surface area contributed by atoms with Crippen LogP contribution in [-0.2, 0) is 36.8 Å². The highest BCUT2D eigenvalue weighted by Gasteiger charge is 2.37. The van der Waals surface area contributed by atoms with Crippen molar-refractivity contribution in [1.82, 2.24) is 21.3 Å². The number of carbonyl (C=O) groups excluding carboxylic acids is 4. The molecule has 47 heavy (non-hydrogen) atoms. The molecule has 15 heteroatoms. The van der Waals surface area contributed by atoms with Crippen LogP contribution in [-0.4, -0.2) is 80.0 Å². The Morgan fingerprint density at radius 1 is 0.830 bits per heavy atom. The molecule has 4 amide bonds. The Morgan fingerprint density at radius 2 is 1.34 bits per heavy atom. The summed E-state index contributed by atoms with van der Waals surface area (Å²) in [6, 6.07) is 4.83. The molecule has 0 spiro atoms. The minimum Gasteiger partial charge on any atom is -0.508 e. The fourth-order valence-corrected chi connectivity index (χ4v) is 5.26. The van der Waals surface area contributed by atoms with Gasteiger partial charge in [-0.3, -0.25) is 19.2 Å². The molecule has 2 rings (SSSR count). The van der Waals surface area contributed by atoms with E-state index in [0.29, 0.717) is 10.6 Å². The minimum atomic E-state index is -1.38. The second-order valence-electron chi connectivity index (χ2n) is 12.6. The normalized spacial score (nSPS) is 14.3. The molecule has 0 fully saturated rings. The third-order valence-electron chi connectivity index (χ3n) is 7.36. The largest absolute Gasteiger partial charge is 0.508 e. The van der Waals surface area contributed by atoms with Gasteiger partial charge >= 0.3 is 5.97 Å². The van der Waals surface area contributed by atoms with Gasteiger partial charge in [-0.25, -0.2) is 4.79 Å². The number of amides is 4. The molecule has 12 nitrogen and oxygen atoms in total. The standard InChI is InChI=1S/C32H44ClN5O7S2/c1-16-11-20(39)12-17(2)21(16)14-22(34)27(41)37-25(31(3,4)46)29(43)35-15-24(40)36-23(13-18-7-9-19(33)10-8-18)28(42)38-26(30(44)45)32(5,6)47/h7-12,22-23,25-26,39,46-47H,13-15,34H2,1-6H3,(H,35,43)(H,36,40)(H,37,41)(H,38,42)(H,44,45)/t22-,23-,25-,26-/m0/s1. The van der Waals surface area contributed by atoms with E-state index in [1.807, 2.05) is 0 Å². The van der Waals surface area contributed by atoms with Crippen LogP contribution in [0.15, 0.2) is 36.4 Å². The predicted molar refractivity (Wildman–Crippen MR) is 187 cm³/mol.